The number of hydrogen-bond acceptors (Lipinski definition) is 2. The third kappa shape index (κ3) is 1.45. The minimum atomic E-state index is -0.499. The smallest absolute Gasteiger partial charge is 0.254 e. The highest BCUT2D eigenvalue weighted by atomic mass is 35.5. The van der Waals surface area contributed by atoms with E-state index in [0.717, 1.165) is 0 Å². The molecule has 0 amide bonds. The van der Waals surface area contributed by atoms with Crippen LogP contribution >= 0.6 is 34.5 Å². The van der Waals surface area contributed by atoms with Gasteiger partial charge in [0.25, 0.3) is 5.24 Å². The summed E-state index contributed by atoms with van der Waals surface area (Å²) in [6, 6.07) is 1.60. The molecule has 0 saturated carbocycles. The molecule has 4 heteroatoms. The first kappa shape index (κ1) is 7.06. The fourth-order valence-electron chi connectivity index (χ4n) is 0.434. The average molecular weight is 181 g/mol. The van der Waals surface area contributed by atoms with Crippen molar-refractivity contribution in [2.75, 3.05) is 0 Å². The zero-order valence-corrected chi connectivity index (χ0v) is 6.56. The second kappa shape index (κ2) is 2.69. The van der Waals surface area contributed by atoms with Gasteiger partial charge in [0.1, 0.15) is 4.34 Å². The van der Waals surface area contributed by atoms with Crippen LogP contribution in [0.1, 0.15) is 10.4 Å². The highest BCUT2D eigenvalue weighted by Gasteiger charge is 2.06. The number of thiophene rings is 1. The number of carbonyl (C=O) groups is 1. The molecular weight excluding hydrogens is 179 g/mol. The SMILES string of the molecule is O=C(Cl)c1ccsc1Cl. The molecule has 0 aliphatic carbocycles. The number of rotatable bonds is 1. The third-order valence-corrected chi connectivity index (χ3v) is 2.20. The van der Waals surface area contributed by atoms with Crippen LogP contribution in [0.2, 0.25) is 4.34 Å². The summed E-state index contributed by atoms with van der Waals surface area (Å²) in [7, 11) is 0. The van der Waals surface area contributed by atoms with Gasteiger partial charge < -0.3 is 0 Å². The molecule has 1 heterocycles. The number of carbonyl (C=O) groups excluding carboxylic acids is 1. The van der Waals surface area contributed by atoms with Crippen LogP contribution in [0.25, 0.3) is 0 Å². The van der Waals surface area contributed by atoms with Crippen LogP contribution in [0.3, 0.4) is 0 Å². The summed E-state index contributed by atoms with van der Waals surface area (Å²) in [6.45, 7) is 0. The maximum absolute atomic E-state index is 10.4. The maximum Gasteiger partial charge on any atom is 0.254 e. The second-order valence-electron chi connectivity index (χ2n) is 1.38. The van der Waals surface area contributed by atoms with Gasteiger partial charge in [-0.1, -0.05) is 11.6 Å². The Morgan fingerprint density at radius 3 is 2.56 bits per heavy atom. The summed E-state index contributed by atoms with van der Waals surface area (Å²) in [4.78, 5) is 10.4. The van der Waals surface area contributed by atoms with Gasteiger partial charge in [0, 0.05) is 0 Å². The molecule has 0 radical (unpaired) electrons. The molecule has 0 aliphatic rings. The lowest BCUT2D eigenvalue weighted by molar-refractivity contribution is 0.108. The van der Waals surface area contributed by atoms with Gasteiger partial charge in [-0.25, -0.2) is 0 Å². The van der Waals surface area contributed by atoms with Crippen molar-refractivity contribution in [1.82, 2.24) is 0 Å². The van der Waals surface area contributed by atoms with E-state index in [1.165, 1.54) is 11.3 Å². The minimum absolute atomic E-state index is 0.392. The van der Waals surface area contributed by atoms with E-state index in [0.29, 0.717) is 9.90 Å². The fraction of sp³-hybridized carbons (Fsp3) is 0. The monoisotopic (exact) mass is 180 g/mol. The molecule has 0 unspecified atom stereocenters. The molecule has 1 aromatic rings. The summed E-state index contributed by atoms with van der Waals surface area (Å²) in [5, 5.41) is 1.22. The van der Waals surface area contributed by atoms with Crippen LogP contribution in [0.15, 0.2) is 11.4 Å². The Balaban J connectivity index is 3.08. The van der Waals surface area contributed by atoms with Crippen molar-refractivity contribution in [3.05, 3.63) is 21.3 Å². The van der Waals surface area contributed by atoms with E-state index in [-0.39, 0.29) is 0 Å². The molecule has 0 atom stereocenters. The van der Waals surface area contributed by atoms with Gasteiger partial charge in [-0.05, 0) is 23.0 Å². The molecule has 9 heavy (non-hydrogen) atoms. The van der Waals surface area contributed by atoms with E-state index >= 15 is 0 Å². The molecule has 0 aliphatic heterocycles. The van der Waals surface area contributed by atoms with Gasteiger partial charge in [0.2, 0.25) is 0 Å². The topological polar surface area (TPSA) is 17.1 Å². The standard InChI is InChI=1S/C5H2Cl2OS/c6-4(8)3-1-2-9-5(3)7/h1-2H. The van der Waals surface area contributed by atoms with E-state index in [4.69, 9.17) is 23.2 Å². The third-order valence-electron chi connectivity index (χ3n) is 0.830. The molecule has 0 bridgehead atoms. The maximum atomic E-state index is 10.4. The van der Waals surface area contributed by atoms with E-state index < -0.39 is 5.24 Å². The largest absolute Gasteiger partial charge is 0.276 e. The fourth-order valence-corrected chi connectivity index (χ4v) is 1.61. The van der Waals surface area contributed by atoms with Gasteiger partial charge in [-0.3, -0.25) is 4.79 Å². The summed E-state index contributed by atoms with van der Waals surface area (Å²) in [5.41, 5.74) is 0.392. The van der Waals surface area contributed by atoms with Gasteiger partial charge in [-0.2, -0.15) is 0 Å². The van der Waals surface area contributed by atoms with Crippen molar-refractivity contribution in [2.45, 2.75) is 0 Å². The van der Waals surface area contributed by atoms with E-state index in [1.807, 2.05) is 0 Å². The molecule has 1 aromatic heterocycles. The Hall–Kier alpha value is -0.0500. The molecule has 0 fully saturated rings. The van der Waals surface area contributed by atoms with E-state index in [9.17, 15) is 4.79 Å². The van der Waals surface area contributed by atoms with Crippen molar-refractivity contribution >= 4 is 39.8 Å². The predicted octanol–water partition coefficient (Wildman–Crippen LogP) is 2.78. The summed E-state index contributed by atoms with van der Waals surface area (Å²) >= 11 is 12.0. The molecule has 0 aromatic carbocycles. The van der Waals surface area contributed by atoms with Crippen LogP contribution in [0, 0.1) is 0 Å². The van der Waals surface area contributed by atoms with Crippen molar-refractivity contribution in [2.24, 2.45) is 0 Å². The molecule has 48 valence electrons. The Morgan fingerprint density at radius 1 is 1.67 bits per heavy atom. The summed E-state index contributed by atoms with van der Waals surface area (Å²) in [6.07, 6.45) is 0. The Labute approximate surface area is 66.2 Å². The molecular formula is C5H2Cl2OS. The number of halogens is 2. The Kier molecular flexibility index (Phi) is 2.11. The van der Waals surface area contributed by atoms with Crippen LogP contribution < -0.4 is 0 Å². The summed E-state index contributed by atoms with van der Waals surface area (Å²) in [5.74, 6) is 0. The van der Waals surface area contributed by atoms with Gasteiger partial charge >= 0.3 is 0 Å². The highest BCUT2D eigenvalue weighted by Crippen LogP contribution is 2.23. The first-order valence-corrected chi connectivity index (χ1v) is 3.78. The molecule has 0 saturated heterocycles. The van der Waals surface area contributed by atoms with Crippen LogP contribution in [-0.4, -0.2) is 5.24 Å². The Bertz CT molecular complexity index is 231. The van der Waals surface area contributed by atoms with Crippen LogP contribution in [-0.2, 0) is 0 Å². The molecule has 1 rings (SSSR count). The lowest BCUT2D eigenvalue weighted by Gasteiger charge is -1.83. The first-order chi connectivity index (χ1) is 4.22. The van der Waals surface area contributed by atoms with Gasteiger partial charge in [0.15, 0.2) is 0 Å². The van der Waals surface area contributed by atoms with Crippen molar-refractivity contribution in [3.63, 3.8) is 0 Å². The lowest BCUT2D eigenvalue weighted by Crippen LogP contribution is -1.82. The number of hydrogen-bond donors (Lipinski definition) is 0. The minimum Gasteiger partial charge on any atom is -0.276 e. The normalized spacial score (nSPS) is 9.56. The van der Waals surface area contributed by atoms with Crippen LogP contribution in [0.5, 0.6) is 0 Å². The molecule has 0 N–H and O–H groups in total. The lowest BCUT2D eigenvalue weighted by atomic mass is 10.4. The zero-order chi connectivity index (χ0) is 6.85. The van der Waals surface area contributed by atoms with E-state index in [1.54, 1.807) is 11.4 Å². The van der Waals surface area contributed by atoms with Crippen molar-refractivity contribution < 1.29 is 4.79 Å². The van der Waals surface area contributed by atoms with Crippen molar-refractivity contribution in [1.29, 1.82) is 0 Å². The quantitative estimate of drug-likeness (QED) is 0.608. The Morgan fingerprint density at radius 2 is 2.33 bits per heavy atom. The summed E-state index contributed by atoms with van der Waals surface area (Å²) < 4.78 is 0.454. The second-order valence-corrected chi connectivity index (χ2v) is 3.24. The highest BCUT2D eigenvalue weighted by molar-refractivity contribution is 7.15. The van der Waals surface area contributed by atoms with E-state index in [2.05, 4.69) is 0 Å². The molecule has 0 spiro atoms. The van der Waals surface area contributed by atoms with Gasteiger partial charge in [-0.15, -0.1) is 11.3 Å². The van der Waals surface area contributed by atoms with Crippen molar-refractivity contribution in [3.8, 4) is 0 Å². The predicted molar refractivity (Wildman–Crippen MR) is 39.5 cm³/mol. The average Bonchev–Trinajstić information content (AvgIpc) is 2.13. The molecule has 1 nitrogen and oxygen atoms in total. The first-order valence-electron chi connectivity index (χ1n) is 2.14. The van der Waals surface area contributed by atoms with Crippen LogP contribution in [0.4, 0.5) is 0 Å². The zero-order valence-electron chi connectivity index (χ0n) is 4.23. The van der Waals surface area contributed by atoms with Gasteiger partial charge in [0.05, 0.1) is 5.56 Å².